The number of pyridine rings is 1. The molecule has 0 bridgehead atoms. The molecule has 0 saturated carbocycles. The molecule has 3 aromatic rings. The van der Waals surface area contributed by atoms with Gasteiger partial charge in [0.05, 0.1) is 5.76 Å². The maximum absolute atomic E-state index is 10.0. The fourth-order valence-electron chi connectivity index (χ4n) is 2.55. The second kappa shape index (κ2) is 24.8. The Hall–Kier alpha value is -3.27. The van der Waals surface area contributed by atoms with E-state index in [1.165, 1.54) is 37.4 Å². The normalized spacial score (nSPS) is 9.75. The zero-order chi connectivity index (χ0) is 25.6. The average molecular weight is 665 g/mol. The summed E-state index contributed by atoms with van der Waals surface area (Å²) in [5.41, 5.74) is 8.68. The number of hydrogen-bond donors (Lipinski definition) is 2. The third-order valence-electron chi connectivity index (χ3n) is 3.92. The van der Waals surface area contributed by atoms with E-state index in [1.807, 2.05) is 87.8 Å². The zero-order valence-corrected chi connectivity index (χ0v) is 24.6. The second-order valence-electron chi connectivity index (χ2n) is 6.77. The Morgan fingerprint density at radius 1 is 0.972 bits per heavy atom. The fourth-order valence-corrected chi connectivity index (χ4v) is 2.55. The Labute approximate surface area is 232 Å². The molecule has 5 heteroatoms. The molecule has 3 N–H and O–H groups in total. The molecule has 4 nitrogen and oxygen atoms in total. The largest absolute Gasteiger partial charge is 3.00 e. The Morgan fingerprint density at radius 3 is 2.03 bits per heavy atom. The van der Waals surface area contributed by atoms with Crippen LogP contribution in [0.2, 0.25) is 0 Å². The maximum Gasteiger partial charge on any atom is 3.00 e. The van der Waals surface area contributed by atoms with Crippen LogP contribution in [0.3, 0.4) is 0 Å². The van der Waals surface area contributed by atoms with E-state index >= 15 is 0 Å². The van der Waals surface area contributed by atoms with Crippen LogP contribution >= 0.6 is 0 Å². The summed E-state index contributed by atoms with van der Waals surface area (Å²) in [6.45, 7) is 6.85. The Bertz CT molecular complexity index is 1010. The second-order valence-corrected chi connectivity index (χ2v) is 6.77. The van der Waals surface area contributed by atoms with Gasteiger partial charge in [0.25, 0.3) is 0 Å². The standard InChI is InChI=1S/C12H11N.C11H12N.C5H8O2.C2H6.CH3.Ir/c1-13-10-6-5-9-12(13)11-7-3-2-4-8-11;12-10-6-2-5-9-11-7-3-1-4-8-11;1-4(6)3-5(2)7;1-2;;/h2-7,9-10H,1H3;1-7,10H,9,12H2;3,6H,1-2H3;1-2H3;1H3;/q;-1;;;-1;+3/b;5-2-,10-6-;4-3-;;;. The van der Waals surface area contributed by atoms with Crippen molar-refractivity contribution in [2.45, 2.75) is 34.1 Å². The first-order valence-electron chi connectivity index (χ1n) is 11.2. The van der Waals surface area contributed by atoms with E-state index in [9.17, 15) is 4.79 Å². The number of benzene rings is 2. The van der Waals surface area contributed by atoms with Gasteiger partial charge in [-0.25, -0.2) is 4.57 Å². The smallest absolute Gasteiger partial charge is 0.512 e. The van der Waals surface area contributed by atoms with Gasteiger partial charge in [-0.2, -0.15) is 35.9 Å². The molecule has 0 spiro atoms. The average Bonchev–Trinajstić information content (AvgIpc) is 2.85. The molecular weight excluding hydrogens is 625 g/mol. The van der Waals surface area contributed by atoms with Gasteiger partial charge in [0.1, 0.15) is 12.7 Å². The summed E-state index contributed by atoms with van der Waals surface area (Å²) in [6, 6.07) is 28.4. The summed E-state index contributed by atoms with van der Waals surface area (Å²) < 4.78 is 2.09. The number of hydrogen-bond acceptors (Lipinski definition) is 3. The van der Waals surface area contributed by atoms with Crippen molar-refractivity contribution >= 4 is 5.78 Å². The molecule has 1 heterocycles. The molecule has 0 aliphatic heterocycles. The topological polar surface area (TPSA) is 67.2 Å². The summed E-state index contributed by atoms with van der Waals surface area (Å²) in [6.07, 6.45) is 11.4. The monoisotopic (exact) mass is 665 g/mol. The van der Waals surface area contributed by atoms with Crippen LogP contribution in [-0.2, 0) is 38.4 Å². The number of nitrogens with zero attached hydrogens (tertiary/aromatic N) is 1. The summed E-state index contributed by atoms with van der Waals surface area (Å²) in [5, 5.41) is 8.36. The quantitative estimate of drug-likeness (QED) is 0.107. The number of rotatable bonds is 5. The van der Waals surface area contributed by atoms with Crippen molar-refractivity contribution in [3.8, 4) is 11.3 Å². The van der Waals surface area contributed by atoms with Crippen molar-refractivity contribution in [1.29, 1.82) is 0 Å². The van der Waals surface area contributed by atoms with Crippen LogP contribution in [0, 0.1) is 19.6 Å². The van der Waals surface area contributed by atoms with Crippen LogP contribution in [0.15, 0.2) is 109 Å². The summed E-state index contributed by atoms with van der Waals surface area (Å²) in [4.78, 5) is 10.0. The minimum absolute atomic E-state index is 0. The number of carbonyl (C=O) groups is 1. The van der Waals surface area contributed by atoms with Crippen molar-refractivity contribution in [2.24, 2.45) is 12.8 Å². The molecule has 0 radical (unpaired) electrons. The van der Waals surface area contributed by atoms with Gasteiger partial charge in [-0.1, -0.05) is 37.6 Å². The van der Waals surface area contributed by atoms with Crippen molar-refractivity contribution in [3.05, 3.63) is 134 Å². The number of nitrogens with two attached hydrogens (primary N) is 1. The van der Waals surface area contributed by atoms with Crippen LogP contribution in [0.25, 0.3) is 11.3 Å². The molecule has 3 rings (SSSR count). The molecule has 0 unspecified atom stereocenters. The molecule has 0 aliphatic carbocycles. The van der Waals surface area contributed by atoms with Gasteiger partial charge >= 0.3 is 20.1 Å². The predicted molar refractivity (Wildman–Crippen MR) is 148 cm³/mol. The van der Waals surface area contributed by atoms with Gasteiger partial charge in [-0.15, -0.1) is 30.3 Å². The zero-order valence-electron chi connectivity index (χ0n) is 22.2. The van der Waals surface area contributed by atoms with E-state index in [1.54, 1.807) is 0 Å². The van der Waals surface area contributed by atoms with Gasteiger partial charge in [0, 0.05) is 12.1 Å². The number of aliphatic hydroxyl groups is 1. The first-order valence-corrected chi connectivity index (χ1v) is 11.2. The SMILES string of the molecule is CC.CC(=O)/C=C(/C)O.C[n+]1ccccc1-c1[c-]cccc1.N/C=C\C=C/Cc1[c-]cccc1.[CH3-].[Ir+3]. The van der Waals surface area contributed by atoms with E-state index in [0.29, 0.717) is 0 Å². The molecular formula is C31H40IrN2O2+. The van der Waals surface area contributed by atoms with Crippen molar-refractivity contribution in [3.63, 3.8) is 0 Å². The van der Waals surface area contributed by atoms with Crippen LogP contribution in [0.1, 0.15) is 33.3 Å². The number of aromatic nitrogens is 1. The van der Waals surface area contributed by atoms with Gasteiger partial charge in [-0.3, -0.25) is 4.79 Å². The summed E-state index contributed by atoms with van der Waals surface area (Å²) in [5.74, 6) is -0.0625. The molecule has 194 valence electrons. The Kier molecular flexibility index (Phi) is 25.7. The van der Waals surface area contributed by atoms with Gasteiger partial charge in [0.2, 0.25) is 0 Å². The number of aliphatic hydroxyl groups excluding tert-OH is 1. The van der Waals surface area contributed by atoms with E-state index < -0.39 is 0 Å². The molecule has 0 atom stereocenters. The van der Waals surface area contributed by atoms with Gasteiger partial charge in [0.15, 0.2) is 12.0 Å². The Balaban J connectivity index is -0.000000444. The van der Waals surface area contributed by atoms with E-state index in [-0.39, 0.29) is 39.1 Å². The van der Waals surface area contributed by atoms with Crippen LogP contribution in [0.4, 0.5) is 0 Å². The Morgan fingerprint density at radius 2 is 1.58 bits per heavy atom. The molecule has 2 aromatic carbocycles. The number of carbonyl (C=O) groups excluding carboxylic acids is 1. The van der Waals surface area contributed by atoms with Gasteiger partial charge < -0.3 is 18.3 Å². The molecule has 0 saturated heterocycles. The van der Waals surface area contributed by atoms with Crippen molar-refractivity contribution < 1.29 is 34.6 Å². The molecule has 0 aliphatic rings. The van der Waals surface area contributed by atoms with Gasteiger partial charge in [-0.05, 0) is 38.6 Å². The first-order chi connectivity index (χ1) is 16.4. The van der Waals surface area contributed by atoms with Crippen LogP contribution in [-0.4, -0.2) is 10.9 Å². The third kappa shape index (κ3) is 19.1. The predicted octanol–water partition coefficient (Wildman–Crippen LogP) is 6.55. The maximum atomic E-state index is 10.0. The summed E-state index contributed by atoms with van der Waals surface area (Å²) in [7, 11) is 2.04. The van der Waals surface area contributed by atoms with Crippen LogP contribution < -0.4 is 10.3 Å². The number of aryl methyl sites for hydroxylation is 1. The minimum Gasteiger partial charge on any atom is -0.512 e. The first kappa shape index (κ1) is 37.3. The molecule has 1 aromatic heterocycles. The number of ketones is 1. The summed E-state index contributed by atoms with van der Waals surface area (Å²) >= 11 is 0. The third-order valence-corrected chi connectivity index (χ3v) is 3.92. The van der Waals surface area contributed by atoms with E-state index in [4.69, 9.17) is 10.8 Å². The molecule has 36 heavy (non-hydrogen) atoms. The molecule has 0 fully saturated rings. The van der Waals surface area contributed by atoms with Crippen molar-refractivity contribution in [1.82, 2.24) is 0 Å². The van der Waals surface area contributed by atoms with E-state index in [0.717, 1.165) is 12.0 Å². The van der Waals surface area contributed by atoms with E-state index in [2.05, 4.69) is 41.0 Å². The van der Waals surface area contributed by atoms with Crippen LogP contribution in [0.5, 0.6) is 0 Å². The minimum atomic E-state index is -0.125. The molecule has 0 amide bonds. The number of allylic oxidation sites excluding steroid dienone is 5. The van der Waals surface area contributed by atoms with Crippen molar-refractivity contribution in [2.75, 3.05) is 0 Å². The fraction of sp³-hybridized carbons (Fsp3) is 0.194.